The number of allylic oxidation sites excluding steroid dienone is 2. The van der Waals surface area contributed by atoms with Gasteiger partial charge >= 0.3 is 0 Å². The molecule has 0 spiro atoms. The minimum Gasteiger partial charge on any atom is -0.396 e. The van der Waals surface area contributed by atoms with Gasteiger partial charge in [-0.05, 0) is 30.9 Å². The Morgan fingerprint density at radius 3 is 2.71 bits per heavy atom. The summed E-state index contributed by atoms with van der Waals surface area (Å²) in [4.78, 5) is 1.64. The van der Waals surface area contributed by atoms with Crippen LogP contribution in [-0.4, -0.2) is 31.9 Å². The second-order valence-corrected chi connectivity index (χ2v) is 4.92. The Morgan fingerprint density at radius 2 is 2.00 bits per heavy atom. The van der Waals surface area contributed by atoms with Crippen LogP contribution in [0.2, 0.25) is 0 Å². The number of aliphatic hydroxyl groups excluding tert-OH is 1. The molecule has 0 fully saturated rings. The van der Waals surface area contributed by atoms with Gasteiger partial charge < -0.3 is 5.11 Å². The van der Waals surface area contributed by atoms with E-state index >= 15 is 0 Å². The third kappa shape index (κ3) is 4.49. The molecule has 0 bridgehead atoms. The lowest BCUT2D eigenvalue weighted by atomic mass is 10.1. The van der Waals surface area contributed by atoms with Crippen LogP contribution in [0.25, 0.3) is 11.4 Å². The van der Waals surface area contributed by atoms with E-state index in [2.05, 4.69) is 34.5 Å². The van der Waals surface area contributed by atoms with Gasteiger partial charge in [-0.3, -0.25) is 0 Å². The van der Waals surface area contributed by atoms with Crippen LogP contribution in [-0.2, 0) is 0 Å². The van der Waals surface area contributed by atoms with Crippen molar-refractivity contribution in [3.63, 3.8) is 0 Å². The van der Waals surface area contributed by atoms with E-state index in [0.29, 0.717) is 12.2 Å². The topological polar surface area (TPSA) is 63.8 Å². The van der Waals surface area contributed by atoms with Gasteiger partial charge in [0.15, 0.2) is 0 Å². The van der Waals surface area contributed by atoms with Gasteiger partial charge in [0.05, 0.1) is 6.04 Å². The molecule has 2 aromatic rings. The highest BCUT2D eigenvalue weighted by atomic mass is 16.3. The molecule has 1 atom stereocenters. The fourth-order valence-electron chi connectivity index (χ4n) is 2.18. The first-order chi connectivity index (χ1) is 10.3. The number of aliphatic hydroxyl groups is 1. The highest BCUT2D eigenvalue weighted by Crippen LogP contribution is 2.18. The minimum absolute atomic E-state index is 0.0847. The third-order valence-electron chi connectivity index (χ3n) is 3.32. The molecule has 0 aliphatic rings. The van der Waals surface area contributed by atoms with Crippen molar-refractivity contribution in [1.29, 1.82) is 0 Å². The van der Waals surface area contributed by atoms with Crippen molar-refractivity contribution < 1.29 is 5.11 Å². The van der Waals surface area contributed by atoms with E-state index in [4.69, 9.17) is 0 Å². The van der Waals surface area contributed by atoms with Gasteiger partial charge in [0.25, 0.3) is 0 Å². The van der Waals surface area contributed by atoms with Crippen LogP contribution in [0.1, 0.15) is 38.6 Å². The fraction of sp³-hybridized carbons (Fsp3) is 0.438. The van der Waals surface area contributed by atoms with Crippen LogP contribution in [0, 0.1) is 0 Å². The molecule has 21 heavy (non-hydrogen) atoms. The van der Waals surface area contributed by atoms with Gasteiger partial charge in [-0.25, -0.2) is 0 Å². The molecule has 5 heteroatoms. The molecule has 1 unspecified atom stereocenters. The third-order valence-corrected chi connectivity index (χ3v) is 3.32. The average Bonchev–Trinajstić information content (AvgIpc) is 3.01. The Labute approximate surface area is 125 Å². The van der Waals surface area contributed by atoms with Gasteiger partial charge in [0, 0.05) is 12.2 Å². The van der Waals surface area contributed by atoms with Gasteiger partial charge in [-0.1, -0.05) is 49.4 Å². The number of hydrogen-bond acceptors (Lipinski definition) is 4. The van der Waals surface area contributed by atoms with E-state index in [0.717, 1.165) is 24.8 Å². The first-order valence-electron chi connectivity index (χ1n) is 7.46. The zero-order valence-corrected chi connectivity index (χ0v) is 12.4. The van der Waals surface area contributed by atoms with Crippen molar-refractivity contribution in [2.75, 3.05) is 6.61 Å². The van der Waals surface area contributed by atoms with E-state index in [1.54, 1.807) is 4.80 Å². The molecule has 0 saturated heterocycles. The Hall–Kier alpha value is -2.01. The average molecular weight is 286 g/mol. The molecule has 1 aromatic carbocycles. The molecule has 5 nitrogen and oxygen atoms in total. The largest absolute Gasteiger partial charge is 0.396 e. The number of hydrogen-bond donors (Lipinski definition) is 1. The van der Waals surface area contributed by atoms with Gasteiger partial charge in [-0.2, -0.15) is 4.80 Å². The van der Waals surface area contributed by atoms with Gasteiger partial charge in [0.2, 0.25) is 5.82 Å². The highest BCUT2D eigenvalue weighted by molar-refractivity contribution is 5.52. The maximum Gasteiger partial charge on any atom is 0.204 e. The normalized spacial score (nSPS) is 12.9. The Kier molecular flexibility index (Phi) is 6.09. The van der Waals surface area contributed by atoms with E-state index in [-0.39, 0.29) is 12.6 Å². The van der Waals surface area contributed by atoms with E-state index in [1.165, 1.54) is 0 Å². The van der Waals surface area contributed by atoms with E-state index in [1.807, 2.05) is 30.3 Å². The Balaban J connectivity index is 2.06. The number of rotatable bonds is 8. The predicted molar refractivity (Wildman–Crippen MR) is 82.7 cm³/mol. The van der Waals surface area contributed by atoms with Crippen molar-refractivity contribution in [2.24, 2.45) is 0 Å². The molecule has 0 amide bonds. The number of nitrogens with zero attached hydrogens (tertiary/aromatic N) is 4. The minimum atomic E-state index is 0.0847. The number of aromatic nitrogens is 4. The molecule has 1 aromatic heterocycles. The molecule has 2 rings (SSSR count). The summed E-state index contributed by atoms with van der Waals surface area (Å²) in [5.41, 5.74) is 0.956. The standard InChI is InChI=1S/C16H22N4O/c1-2-3-4-8-11-15(12-13-21)20-18-16(17-19-20)14-9-6-5-7-10-14/h3-7,9-10,15,21H,2,8,11-13H2,1H3/b4-3-. The van der Waals surface area contributed by atoms with Crippen LogP contribution in [0.15, 0.2) is 42.5 Å². The maximum absolute atomic E-state index is 9.22. The first kappa shape index (κ1) is 15.4. The summed E-state index contributed by atoms with van der Waals surface area (Å²) in [7, 11) is 0. The zero-order chi connectivity index (χ0) is 14.9. The lowest BCUT2D eigenvalue weighted by Gasteiger charge is -2.12. The summed E-state index contributed by atoms with van der Waals surface area (Å²) >= 11 is 0. The monoisotopic (exact) mass is 286 g/mol. The molecule has 0 aliphatic heterocycles. The van der Waals surface area contributed by atoms with Crippen molar-refractivity contribution in [3.05, 3.63) is 42.5 Å². The number of benzene rings is 1. The number of tetrazole rings is 1. The van der Waals surface area contributed by atoms with Crippen LogP contribution in [0.4, 0.5) is 0 Å². The zero-order valence-electron chi connectivity index (χ0n) is 12.4. The second-order valence-electron chi connectivity index (χ2n) is 4.92. The Bertz CT molecular complexity index is 550. The van der Waals surface area contributed by atoms with Crippen molar-refractivity contribution >= 4 is 0 Å². The molecular weight excluding hydrogens is 264 g/mol. The summed E-state index contributed by atoms with van der Waals surface area (Å²) in [6.07, 6.45) is 7.87. The van der Waals surface area contributed by atoms with Crippen LogP contribution < -0.4 is 0 Å². The van der Waals surface area contributed by atoms with E-state index in [9.17, 15) is 5.11 Å². The summed E-state index contributed by atoms with van der Waals surface area (Å²) < 4.78 is 0. The van der Waals surface area contributed by atoms with Crippen LogP contribution >= 0.6 is 0 Å². The quantitative estimate of drug-likeness (QED) is 0.758. The molecule has 1 heterocycles. The molecule has 0 radical (unpaired) electrons. The highest BCUT2D eigenvalue weighted by Gasteiger charge is 2.14. The molecular formula is C16H22N4O. The second kappa shape index (κ2) is 8.32. The first-order valence-corrected chi connectivity index (χ1v) is 7.46. The lowest BCUT2D eigenvalue weighted by molar-refractivity contribution is 0.235. The fourth-order valence-corrected chi connectivity index (χ4v) is 2.18. The summed E-state index contributed by atoms with van der Waals surface area (Å²) in [5.74, 6) is 0.627. The van der Waals surface area contributed by atoms with Gasteiger partial charge in [-0.15, -0.1) is 10.2 Å². The lowest BCUT2D eigenvalue weighted by Crippen LogP contribution is -2.14. The van der Waals surface area contributed by atoms with Crippen molar-refractivity contribution in [2.45, 2.75) is 38.6 Å². The molecule has 1 N–H and O–H groups in total. The smallest absolute Gasteiger partial charge is 0.204 e. The van der Waals surface area contributed by atoms with Crippen molar-refractivity contribution in [1.82, 2.24) is 20.2 Å². The summed E-state index contributed by atoms with van der Waals surface area (Å²) in [6, 6.07) is 9.89. The van der Waals surface area contributed by atoms with E-state index < -0.39 is 0 Å². The summed E-state index contributed by atoms with van der Waals surface area (Å²) in [5, 5.41) is 21.9. The van der Waals surface area contributed by atoms with Gasteiger partial charge in [0.1, 0.15) is 0 Å². The van der Waals surface area contributed by atoms with Crippen LogP contribution in [0.3, 0.4) is 0 Å². The molecule has 0 saturated carbocycles. The molecule has 0 aliphatic carbocycles. The predicted octanol–water partition coefficient (Wildman–Crippen LogP) is 3.01. The van der Waals surface area contributed by atoms with Crippen LogP contribution in [0.5, 0.6) is 0 Å². The molecule has 112 valence electrons. The SMILES string of the molecule is CC/C=C\CCC(CCO)n1nnc(-c2ccccc2)n1. The van der Waals surface area contributed by atoms with Crippen molar-refractivity contribution in [3.8, 4) is 11.4 Å². The Morgan fingerprint density at radius 1 is 1.19 bits per heavy atom. The maximum atomic E-state index is 9.22. The summed E-state index contributed by atoms with van der Waals surface area (Å²) in [6.45, 7) is 2.25.